The largest absolute Gasteiger partial charge is 0.461 e. The van der Waals surface area contributed by atoms with Gasteiger partial charge in [-0.25, -0.2) is 14.8 Å². The lowest BCUT2D eigenvalue weighted by Gasteiger charge is -2.24. The molecule has 2 aromatic rings. The second kappa shape index (κ2) is 9.59. The zero-order chi connectivity index (χ0) is 21.0. The molecule has 0 radical (unpaired) electrons. The van der Waals surface area contributed by atoms with Gasteiger partial charge in [-0.15, -0.1) is 0 Å². The fraction of sp³-hybridized carbons (Fsp3) is 0.500. The summed E-state index contributed by atoms with van der Waals surface area (Å²) in [4.78, 5) is 37.9. The maximum absolute atomic E-state index is 12.6. The van der Waals surface area contributed by atoms with Crippen molar-refractivity contribution in [1.29, 1.82) is 0 Å². The highest BCUT2D eigenvalue weighted by atomic mass is 35.5. The standard InChI is InChI=1S/C20H24Cl2N4O3/c1-3-6-17(27)25-7-5-8-26(10-9-25)19-18(20(28)29-4-2)23-15-11-13(21)14(22)12-16(15)24-19/h11-12H,3-10H2,1-2H3. The smallest absolute Gasteiger partial charge is 0.360 e. The summed E-state index contributed by atoms with van der Waals surface area (Å²) >= 11 is 12.2. The zero-order valence-electron chi connectivity index (χ0n) is 16.6. The molecular weight excluding hydrogens is 415 g/mol. The van der Waals surface area contributed by atoms with Gasteiger partial charge in [0.05, 0.1) is 27.7 Å². The van der Waals surface area contributed by atoms with E-state index in [1.54, 1.807) is 19.1 Å². The number of hydrogen-bond acceptors (Lipinski definition) is 6. The Morgan fingerprint density at radius 3 is 2.38 bits per heavy atom. The highest BCUT2D eigenvalue weighted by Crippen LogP contribution is 2.29. The van der Waals surface area contributed by atoms with Crippen LogP contribution in [0.25, 0.3) is 11.0 Å². The second-order valence-corrected chi connectivity index (χ2v) is 7.66. The van der Waals surface area contributed by atoms with Crippen molar-refractivity contribution >= 4 is 51.9 Å². The predicted molar refractivity (Wildman–Crippen MR) is 114 cm³/mol. The van der Waals surface area contributed by atoms with Gasteiger partial charge in [0.15, 0.2) is 11.5 Å². The SMILES string of the molecule is CCCC(=O)N1CCCN(c2nc3cc(Cl)c(Cl)cc3nc2C(=O)OCC)CC1. The van der Waals surface area contributed by atoms with E-state index in [9.17, 15) is 9.59 Å². The van der Waals surface area contributed by atoms with E-state index in [-0.39, 0.29) is 18.2 Å². The Morgan fingerprint density at radius 2 is 1.72 bits per heavy atom. The molecule has 9 heteroatoms. The van der Waals surface area contributed by atoms with Crippen LogP contribution in [0.5, 0.6) is 0 Å². The Hall–Kier alpha value is -2.12. The van der Waals surface area contributed by atoms with Crippen molar-refractivity contribution in [2.75, 3.05) is 37.7 Å². The maximum atomic E-state index is 12.6. The zero-order valence-corrected chi connectivity index (χ0v) is 18.1. The number of nitrogens with zero attached hydrogens (tertiary/aromatic N) is 4. The van der Waals surface area contributed by atoms with Crippen molar-refractivity contribution in [3.05, 3.63) is 27.9 Å². The molecule has 1 saturated heterocycles. The van der Waals surface area contributed by atoms with E-state index in [0.29, 0.717) is 59.5 Å². The summed E-state index contributed by atoms with van der Waals surface area (Å²) in [7, 11) is 0. The first-order valence-electron chi connectivity index (χ1n) is 9.81. The minimum Gasteiger partial charge on any atom is -0.461 e. The van der Waals surface area contributed by atoms with Gasteiger partial charge in [0, 0.05) is 32.6 Å². The quantitative estimate of drug-likeness (QED) is 0.657. The number of ether oxygens (including phenoxy) is 1. The van der Waals surface area contributed by atoms with Gasteiger partial charge in [0.25, 0.3) is 0 Å². The third-order valence-corrected chi connectivity index (χ3v) is 5.49. The summed E-state index contributed by atoms with van der Waals surface area (Å²) < 4.78 is 5.19. The average Bonchev–Trinajstić information content (AvgIpc) is 2.95. The number of benzene rings is 1. The van der Waals surface area contributed by atoms with E-state index in [0.717, 1.165) is 12.8 Å². The van der Waals surface area contributed by atoms with Crippen LogP contribution in [0, 0.1) is 0 Å². The molecule has 0 N–H and O–H groups in total. The Morgan fingerprint density at radius 1 is 1.03 bits per heavy atom. The summed E-state index contributed by atoms with van der Waals surface area (Å²) in [6, 6.07) is 3.23. The summed E-state index contributed by atoms with van der Waals surface area (Å²) in [6.45, 7) is 6.45. The predicted octanol–water partition coefficient (Wildman–Crippen LogP) is 3.95. The van der Waals surface area contributed by atoms with Crippen molar-refractivity contribution in [2.45, 2.75) is 33.1 Å². The van der Waals surface area contributed by atoms with Crippen LogP contribution < -0.4 is 4.90 Å². The number of esters is 1. The van der Waals surface area contributed by atoms with Gasteiger partial charge < -0.3 is 14.5 Å². The van der Waals surface area contributed by atoms with Crippen LogP contribution in [0.1, 0.15) is 43.6 Å². The van der Waals surface area contributed by atoms with Crippen LogP contribution in [-0.2, 0) is 9.53 Å². The van der Waals surface area contributed by atoms with Gasteiger partial charge in [-0.2, -0.15) is 0 Å². The third-order valence-electron chi connectivity index (χ3n) is 4.77. The number of halogens is 2. The molecule has 3 rings (SSSR count). The van der Waals surface area contributed by atoms with Crippen molar-refractivity contribution in [2.24, 2.45) is 0 Å². The minimum atomic E-state index is -0.536. The minimum absolute atomic E-state index is 0.145. The monoisotopic (exact) mass is 438 g/mol. The van der Waals surface area contributed by atoms with E-state index in [1.807, 2.05) is 16.7 Å². The van der Waals surface area contributed by atoms with Crippen molar-refractivity contribution in [3.8, 4) is 0 Å². The molecule has 1 aromatic carbocycles. The Bertz CT molecular complexity index is 922. The topological polar surface area (TPSA) is 75.6 Å². The van der Waals surface area contributed by atoms with Crippen LogP contribution in [-0.4, -0.2) is 59.5 Å². The maximum Gasteiger partial charge on any atom is 0.360 e. The van der Waals surface area contributed by atoms with Crippen LogP contribution in [0.15, 0.2) is 12.1 Å². The van der Waals surface area contributed by atoms with Gasteiger partial charge in [0.2, 0.25) is 5.91 Å². The lowest BCUT2D eigenvalue weighted by molar-refractivity contribution is -0.131. The molecule has 1 fully saturated rings. The molecule has 29 heavy (non-hydrogen) atoms. The molecule has 1 aliphatic rings. The van der Waals surface area contributed by atoms with Gasteiger partial charge in [-0.05, 0) is 31.9 Å². The molecular formula is C20H24Cl2N4O3. The molecule has 0 bridgehead atoms. The van der Waals surface area contributed by atoms with Gasteiger partial charge in [0.1, 0.15) is 0 Å². The molecule has 0 atom stereocenters. The van der Waals surface area contributed by atoms with E-state index >= 15 is 0 Å². The molecule has 156 valence electrons. The number of hydrogen-bond donors (Lipinski definition) is 0. The first-order chi connectivity index (χ1) is 13.9. The lowest BCUT2D eigenvalue weighted by atomic mass is 10.2. The fourth-order valence-corrected chi connectivity index (χ4v) is 3.67. The van der Waals surface area contributed by atoms with Crippen molar-refractivity contribution in [3.63, 3.8) is 0 Å². The van der Waals surface area contributed by atoms with Gasteiger partial charge in [-0.1, -0.05) is 30.1 Å². The number of rotatable bonds is 5. The molecule has 1 amide bonds. The van der Waals surface area contributed by atoms with E-state index in [1.165, 1.54) is 0 Å². The second-order valence-electron chi connectivity index (χ2n) is 6.84. The van der Waals surface area contributed by atoms with Crippen LogP contribution in [0.3, 0.4) is 0 Å². The number of anilines is 1. The Labute approximate surface area is 179 Å². The average molecular weight is 439 g/mol. The number of carbonyl (C=O) groups is 2. The molecule has 2 heterocycles. The number of amides is 1. The Balaban J connectivity index is 1.97. The highest BCUT2D eigenvalue weighted by Gasteiger charge is 2.26. The summed E-state index contributed by atoms with van der Waals surface area (Å²) in [5.41, 5.74) is 1.16. The highest BCUT2D eigenvalue weighted by molar-refractivity contribution is 6.42. The normalized spacial score (nSPS) is 14.8. The van der Waals surface area contributed by atoms with Gasteiger partial charge >= 0.3 is 5.97 Å². The summed E-state index contributed by atoms with van der Waals surface area (Å²) in [5, 5.41) is 0.714. The summed E-state index contributed by atoms with van der Waals surface area (Å²) in [6.07, 6.45) is 2.15. The van der Waals surface area contributed by atoms with Gasteiger partial charge in [-0.3, -0.25) is 4.79 Å². The van der Waals surface area contributed by atoms with Crippen LogP contribution >= 0.6 is 23.2 Å². The van der Waals surface area contributed by atoms with Crippen LogP contribution in [0.4, 0.5) is 5.82 Å². The lowest BCUT2D eigenvalue weighted by Crippen LogP contribution is -2.35. The third kappa shape index (κ3) is 4.90. The first kappa shape index (κ1) is 21.6. The van der Waals surface area contributed by atoms with E-state index < -0.39 is 5.97 Å². The molecule has 0 saturated carbocycles. The molecule has 0 aliphatic carbocycles. The Kier molecular flexibility index (Phi) is 7.14. The van der Waals surface area contributed by atoms with Crippen molar-refractivity contribution < 1.29 is 14.3 Å². The van der Waals surface area contributed by atoms with Crippen molar-refractivity contribution in [1.82, 2.24) is 14.9 Å². The molecule has 0 spiro atoms. The summed E-state index contributed by atoms with van der Waals surface area (Å²) in [5.74, 6) is 0.0660. The van der Waals surface area contributed by atoms with Crippen LogP contribution in [0.2, 0.25) is 10.0 Å². The fourth-order valence-electron chi connectivity index (χ4n) is 3.35. The number of aromatic nitrogens is 2. The van der Waals surface area contributed by atoms with E-state index in [2.05, 4.69) is 9.97 Å². The van der Waals surface area contributed by atoms with E-state index in [4.69, 9.17) is 27.9 Å². The number of carbonyl (C=O) groups excluding carboxylic acids is 2. The number of fused-ring (bicyclic) bond motifs is 1. The first-order valence-corrected chi connectivity index (χ1v) is 10.6. The molecule has 1 aliphatic heterocycles. The molecule has 7 nitrogen and oxygen atoms in total. The molecule has 0 unspecified atom stereocenters. The molecule has 1 aromatic heterocycles.